The number of ketones is 1. The molecule has 0 unspecified atom stereocenters. The van der Waals surface area contributed by atoms with Gasteiger partial charge in [-0.15, -0.1) is 0 Å². The molecule has 2 aromatic rings. The van der Waals surface area contributed by atoms with Crippen molar-refractivity contribution in [1.82, 2.24) is 0 Å². The first-order valence-electron chi connectivity index (χ1n) is 7.98. The zero-order valence-electron chi connectivity index (χ0n) is 14.7. The predicted octanol–water partition coefficient (Wildman–Crippen LogP) is 2.64. The molecule has 1 heterocycles. The van der Waals surface area contributed by atoms with Crippen LogP contribution >= 0.6 is 0 Å². The van der Waals surface area contributed by atoms with E-state index in [-0.39, 0.29) is 18.1 Å². The van der Waals surface area contributed by atoms with Crippen LogP contribution in [0, 0.1) is 0 Å². The fourth-order valence-corrected chi connectivity index (χ4v) is 2.44. The van der Waals surface area contributed by atoms with E-state index in [2.05, 4.69) is 9.47 Å². The highest BCUT2D eigenvalue weighted by molar-refractivity contribution is 6.14. The normalized spacial score (nSPS) is 13.7. The van der Waals surface area contributed by atoms with Crippen molar-refractivity contribution < 1.29 is 33.3 Å². The molecule has 0 aromatic heterocycles. The Morgan fingerprint density at radius 1 is 1.04 bits per heavy atom. The first kappa shape index (κ1) is 18.2. The monoisotopic (exact) mass is 368 g/mol. The topological polar surface area (TPSA) is 88.1 Å². The summed E-state index contributed by atoms with van der Waals surface area (Å²) in [5.41, 5.74) is 1.51. The van der Waals surface area contributed by atoms with Gasteiger partial charge in [-0.25, -0.2) is 9.59 Å². The minimum atomic E-state index is -0.511. The van der Waals surface area contributed by atoms with Crippen LogP contribution in [0.1, 0.15) is 26.3 Å². The molecule has 0 bridgehead atoms. The number of carbonyl (C=O) groups is 3. The van der Waals surface area contributed by atoms with Gasteiger partial charge in [0.1, 0.15) is 11.5 Å². The first-order chi connectivity index (χ1) is 13.0. The number of hydrogen-bond acceptors (Lipinski definition) is 7. The zero-order valence-corrected chi connectivity index (χ0v) is 14.7. The first-order valence-corrected chi connectivity index (χ1v) is 7.98. The molecule has 0 spiro atoms. The van der Waals surface area contributed by atoms with Crippen LogP contribution in [0.15, 0.2) is 48.2 Å². The molecule has 0 atom stereocenters. The Labute approximate surface area is 155 Å². The Bertz CT molecular complexity index is 926. The highest BCUT2D eigenvalue weighted by Crippen LogP contribution is 2.34. The van der Waals surface area contributed by atoms with Gasteiger partial charge in [-0.05, 0) is 35.9 Å². The molecule has 27 heavy (non-hydrogen) atoms. The fourth-order valence-electron chi connectivity index (χ4n) is 2.44. The molecule has 2 aromatic carbocycles. The quantitative estimate of drug-likeness (QED) is 0.592. The molecular formula is C20H16O7. The summed E-state index contributed by atoms with van der Waals surface area (Å²) in [6, 6.07) is 11.3. The van der Waals surface area contributed by atoms with Crippen molar-refractivity contribution >= 4 is 23.8 Å². The van der Waals surface area contributed by atoms with E-state index in [0.717, 1.165) is 0 Å². The number of allylic oxidation sites excluding steroid dienone is 1. The van der Waals surface area contributed by atoms with Crippen molar-refractivity contribution in [3.8, 4) is 11.5 Å². The summed E-state index contributed by atoms with van der Waals surface area (Å²) in [6.45, 7) is -0.238. The molecular weight excluding hydrogens is 352 g/mol. The third-order valence-corrected chi connectivity index (χ3v) is 3.86. The molecule has 7 nitrogen and oxygen atoms in total. The van der Waals surface area contributed by atoms with Gasteiger partial charge in [0, 0.05) is 6.07 Å². The number of methoxy groups -OCH3 is 2. The lowest BCUT2D eigenvalue weighted by Gasteiger charge is -2.05. The summed E-state index contributed by atoms with van der Waals surface area (Å²) in [5.74, 6) is -0.323. The number of fused-ring (bicyclic) bond motifs is 1. The largest absolute Gasteiger partial charge is 0.482 e. The zero-order chi connectivity index (χ0) is 19.4. The van der Waals surface area contributed by atoms with E-state index in [4.69, 9.17) is 9.47 Å². The van der Waals surface area contributed by atoms with Crippen molar-refractivity contribution in [3.05, 3.63) is 64.9 Å². The van der Waals surface area contributed by atoms with Crippen LogP contribution in [0.5, 0.6) is 11.5 Å². The molecule has 138 valence electrons. The van der Waals surface area contributed by atoms with E-state index in [0.29, 0.717) is 28.2 Å². The summed E-state index contributed by atoms with van der Waals surface area (Å²) in [6.07, 6.45) is 1.58. The van der Waals surface area contributed by atoms with Gasteiger partial charge in [0.15, 0.2) is 12.4 Å². The van der Waals surface area contributed by atoms with E-state index in [9.17, 15) is 14.4 Å². The summed E-state index contributed by atoms with van der Waals surface area (Å²) in [7, 11) is 2.58. The molecule has 7 heteroatoms. The summed E-state index contributed by atoms with van der Waals surface area (Å²) < 4.78 is 20.1. The van der Waals surface area contributed by atoms with Gasteiger partial charge >= 0.3 is 11.9 Å². The number of rotatable bonds is 5. The Hall–Kier alpha value is -3.61. The maximum atomic E-state index is 12.5. The van der Waals surface area contributed by atoms with Crippen molar-refractivity contribution in [2.24, 2.45) is 0 Å². The average molecular weight is 368 g/mol. The molecule has 1 aliphatic rings. The molecule has 1 aliphatic heterocycles. The van der Waals surface area contributed by atoms with Crippen molar-refractivity contribution in [2.75, 3.05) is 20.8 Å². The molecule has 0 radical (unpaired) electrons. The summed E-state index contributed by atoms with van der Waals surface area (Å²) in [5, 5.41) is 0. The lowest BCUT2D eigenvalue weighted by molar-refractivity contribution is -0.142. The summed E-state index contributed by atoms with van der Waals surface area (Å²) in [4.78, 5) is 35.1. The summed E-state index contributed by atoms with van der Waals surface area (Å²) >= 11 is 0. The Morgan fingerprint density at radius 2 is 1.78 bits per heavy atom. The van der Waals surface area contributed by atoms with Crippen LogP contribution < -0.4 is 9.47 Å². The van der Waals surface area contributed by atoms with Gasteiger partial charge < -0.3 is 18.9 Å². The van der Waals surface area contributed by atoms with Gasteiger partial charge in [0.25, 0.3) is 0 Å². The van der Waals surface area contributed by atoms with Crippen LogP contribution in [-0.4, -0.2) is 38.5 Å². The third-order valence-electron chi connectivity index (χ3n) is 3.86. The smallest absolute Gasteiger partial charge is 0.343 e. The van der Waals surface area contributed by atoms with E-state index < -0.39 is 11.9 Å². The van der Waals surface area contributed by atoms with Gasteiger partial charge in [-0.2, -0.15) is 0 Å². The third kappa shape index (κ3) is 3.98. The van der Waals surface area contributed by atoms with Gasteiger partial charge in [0.2, 0.25) is 5.78 Å². The SMILES string of the molecule is COC(=O)COc1ccc2c(c1)OC(=Cc1ccc(C(=O)OC)cc1)C2=O. The van der Waals surface area contributed by atoms with Gasteiger partial charge in [-0.3, -0.25) is 4.79 Å². The van der Waals surface area contributed by atoms with Crippen molar-refractivity contribution in [2.45, 2.75) is 0 Å². The Kier molecular flexibility index (Phi) is 5.21. The standard InChI is InChI=1S/C20H16O7/c1-24-18(21)11-26-14-7-8-15-16(10-14)27-17(19(15)22)9-12-3-5-13(6-4-12)20(23)25-2/h3-10H,11H2,1-2H3. The van der Waals surface area contributed by atoms with E-state index in [1.807, 2.05) is 0 Å². The minimum absolute atomic E-state index is 0.154. The highest BCUT2D eigenvalue weighted by Gasteiger charge is 2.27. The van der Waals surface area contributed by atoms with Crippen LogP contribution in [0.2, 0.25) is 0 Å². The number of carbonyl (C=O) groups excluding carboxylic acids is 3. The molecule has 0 amide bonds. The number of Topliss-reactive ketones (excluding diaryl/α,β-unsaturated/α-hetero) is 1. The minimum Gasteiger partial charge on any atom is -0.482 e. The molecule has 0 aliphatic carbocycles. The Morgan fingerprint density at radius 3 is 2.44 bits per heavy atom. The highest BCUT2D eigenvalue weighted by atomic mass is 16.6. The fraction of sp³-hybridized carbons (Fsp3) is 0.150. The van der Waals surface area contributed by atoms with E-state index in [1.165, 1.54) is 20.3 Å². The van der Waals surface area contributed by atoms with Crippen LogP contribution in [0.25, 0.3) is 6.08 Å². The average Bonchev–Trinajstić information content (AvgIpc) is 3.00. The van der Waals surface area contributed by atoms with E-state index >= 15 is 0 Å². The van der Waals surface area contributed by atoms with Crippen molar-refractivity contribution in [1.29, 1.82) is 0 Å². The van der Waals surface area contributed by atoms with E-state index in [1.54, 1.807) is 42.5 Å². The number of ether oxygens (including phenoxy) is 4. The second-order valence-electron chi connectivity index (χ2n) is 5.58. The van der Waals surface area contributed by atoms with Crippen LogP contribution in [-0.2, 0) is 14.3 Å². The van der Waals surface area contributed by atoms with Gasteiger partial charge in [-0.1, -0.05) is 12.1 Å². The lowest BCUT2D eigenvalue weighted by Crippen LogP contribution is -2.12. The van der Waals surface area contributed by atoms with Crippen LogP contribution in [0.4, 0.5) is 0 Å². The molecule has 3 rings (SSSR count). The molecule has 0 fully saturated rings. The maximum absolute atomic E-state index is 12.5. The molecule has 0 N–H and O–H groups in total. The molecule has 0 saturated carbocycles. The number of hydrogen-bond donors (Lipinski definition) is 0. The number of benzene rings is 2. The number of esters is 2. The molecule has 0 saturated heterocycles. The maximum Gasteiger partial charge on any atom is 0.343 e. The second kappa shape index (κ2) is 7.74. The second-order valence-corrected chi connectivity index (χ2v) is 5.58. The van der Waals surface area contributed by atoms with Crippen molar-refractivity contribution in [3.63, 3.8) is 0 Å². The van der Waals surface area contributed by atoms with Crippen LogP contribution in [0.3, 0.4) is 0 Å². The Balaban J connectivity index is 1.76. The van der Waals surface area contributed by atoms with Gasteiger partial charge in [0.05, 0.1) is 25.3 Å². The predicted molar refractivity (Wildman–Crippen MR) is 94.7 cm³/mol. The lowest BCUT2D eigenvalue weighted by atomic mass is 10.1.